The van der Waals surface area contributed by atoms with Gasteiger partial charge in [-0.25, -0.2) is 10.8 Å². The first-order valence-electron chi connectivity index (χ1n) is 5.46. The van der Waals surface area contributed by atoms with Crippen molar-refractivity contribution < 1.29 is 0 Å². The molecule has 0 aliphatic heterocycles. The van der Waals surface area contributed by atoms with Crippen LogP contribution in [0.25, 0.3) is 10.2 Å². The van der Waals surface area contributed by atoms with Crippen molar-refractivity contribution >= 4 is 44.8 Å². The zero-order valence-electron chi connectivity index (χ0n) is 9.79. The van der Waals surface area contributed by atoms with E-state index in [4.69, 9.17) is 11.6 Å². The van der Waals surface area contributed by atoms with Gasteiger partial charge in [-0.2, -0.15) is 9.97 Å². The first kappa shape index (κ1) is 11.6. The molecule has 0 bridgehead atoms. The van der Waals surface area contributed by atoms with Crippen molar-refractivity contribution in [1.82, 2.24) is 15.0 Å². The number of rotatable bonds is 3. The summed E-state index contributed by atoms with van der Waals surface area (Å²) in [4.78, 5) is 12.2. The minimum atomic E-state index is 0.150. The van der Waals surface area contributed by atoms with E-state index < -0.39 is 0 Å². The van der Waals surface area contributed by atoms with Crippen LogP contribution in [0.3, 0.4) is 0 Å². The molecule has 8 heteroatoms. The maximum absolute atomic E-state index is 5.60. The Labute approximate surface area is 112 Å². The number of thiazole rings is 1. The SMILES string of the molecule is NNc1cc(Nc2ccc3ncsc3c2)nc(N)n1. The largest absolute Gasteiger partial charge is 0.368 e. The van der Waals surface area contributed by atoms with E-state index >= 15 is 0 Å². The Morgan fingerprint density at radius 2 is 1.95 bits per heavy atom. The van der Waals surface area contributed by atoms with E-state index in [1.165, 1.54) is 0 Å². The van der Waals surface area contributed by atoms with Crippen molar-refractivity contribution in [2.75, 3.05) is 16.5 Å². The summed E-state index contributed by atoms with van der Waals surface area (Å²) in [5, 5.41) is 3.15. The molecule has 0 aliphatic carbocycles. The third-order valence-electron chi connectivity index (χ3n) is 2.50. The fourth-order valence-corrected chi connectivity index (χ4v) is 2.40. The molecule has 6 N–H and O–H groups in total. The van der Waals surface area contributed by atoms with Crippen LogP contribution < -0.4 is 22.3 Å². The van der Waals surface area contributed by atoms with Crippen LogP contribution in [0.1, 0.15) is 0 Å². The number of nitrogens with two attached hydrogens (primary N) is 2. The summed E-state index contributed by atoms with van der Waals surface area (Å²) >= 11 is 1.58. The highest BCUT2D eigenvalue weighted by Crippen LogP contribution is 2.24. The van der Waals surface area contributed by atoms with E-state index in [2.05, 4.69) is 25.7 Å². The summed E-state index contributed by atoms with van der Waals surface area (Å²) in [5.74, 6) is 6.49. The second-order valence-corrected chi connectivity index (χ2v) is 4.69. The molecule has 0 unspecified atom stereocenters. The smallest absolute Gasteiger partial charge is 0.223 e. The van der Waals surface area contributed by atoms with Crippen LogP contribution in [0.2, 0.25) is 0 Å². The zero-order valence-corrected chi connectivity index (χ0v) is 10.6. The second kappa shape index (κ2) is 4.67. The van der Waals surface area contributed by atoms with Crippen LogP contribution >= 0.6 is 11.3 Å². The van der Waals surface area contributed by atoms with Gasteiger partial charge in [-0.15, -0.1) is 11.3 Å². The molecule has 2 heterocycles. The molecular weight excluding hydrogens is 262 g/mol. The van der Waals surface area contributed by atoms with Gasteiger partial charge in [0.05, 0.1) is 15.7 Å². The monoisotopic (exact) mass is 273 g/mol. The van der Waals surface area contributed by atoms with Gasteiger partial charge in [0.2, 0.25) is 5.95 Å². The van der Waals surface area contributed by atoms with Crippen molar-refractivity contribution in [3.05, 3.63) is 29.8 Å². The van der Waals surface area contributed by atoms with Crippen LogP contribution in [-0.2, 0) is 0 Å². The number of nitrogen functional groups attached to an aromatic ring is 2. The highest BCUT2D eigenvalue weighted by atomic mass is 32.1. The predicted octanol–water partition coefficient (Wildman–Crippen LogP) is 1.70. The van der Waals surface area contributed by atoms with Gasteiger partial charge in [-0.1, -0.05) is 0 Å². The number of aromatic nitrogens is 3. The Morgan fingerprint density at radius 3 is 2.79 bits per heavy atom. The molecule has 3 rings (SSSR count). The number of hydrazine groups is 1. The predicted molar refractivity (Wildman–Crippen MR) is 77.2 cm³/mol. The van der Waals surface area contributed by atoms with E-state index in [-0.39, 0.29) is 5.95 Å². The van der Waals surface area contributed by atoms with Crippen LogP contribution in [-0.4, -0.2) is 15.0 Å². The van der Waals surface area contributed by atoms with Gasteiger partial charge in [0, 0.05) is 11.8 Å². The number of nitrogens with zero attached hydrogens (tertiary/aromatic N) is 3. The van der Waals surface area contributed by atoms with Crippen molar-refractivity contribution in [3.8, 4) is 0 Å². The summed E-state index contributed by atoms with van der Waals surface area (Å²) in [6.45, 7) is 0. The molecule has 7 nitrogen and oxygen atoms in total. The topological polar surface area (TPSA) is 115 Å². The van der Waals surface area contributed by atoms with Gasteiger partial charge in [-0.3, -0.25) is 0 Å². The molecule has 2 aromatic heterocycles. The van der Waals surface area contributed by atoms with Crippen molar-refractivity contribution in [1.29, 1.82) is 0 Å². The number of nitrogens with one attached hydrogen (secondary N) is 2. The molecule has 96 valence electrons. The zero-order chi connectivity index (χ0) is 13.2. The third kappa shape index (κ3) is 2.39. The summed E-state index contributed by atoms with van der Waals surface area (Å²) in [5.41, 5.74) is 11.7. The summed E-state index contributed by atoms with van der Waals surface area (Å²) in [6, 6.07) is 7.55. The molecule has 0 aliphatic rings. The highest BCUT2D eigenvalue weighted by molar-refractivity contribution is 7.16. The lowest BCUT2D eigenvalue weighted by atomic mass is 10.3. The van der Waals surface area contributed by atoms with E-state index in [1.807, 2.05) is 23.7 Å². The first-order valence-corrected chi connectivity index (χ1v) is 6.34. The minimum Gasteiger partial charge on any atom is -0.368 e. The Bertz CT molecular complexity index is 724. The van der Waals surface area contributed by atoms with Crippen LogP contribution in [0.5, 0.6) is 0 Å². The Balaban J connectivity index is 1.93. The number of benzene rings is 1. The number of hydrogen-bond acceptors (Lipinski definition) is 8. The standard InChI is InChI=1S/C11H11N7S/c12-11-16-9(4-10(17-11)18-13)15-6-1-2-7-8(3-6)19-5-14-7/h1-5H,13H2,(H4,12,15,16,17,18). The highest BCUT2D eigenvalue weighted by Gasteiger charge is 2.03. The molecule has 0 spiro atoms. The normalized spacial score (nSPS) is 10.6. The quantitative estimate of drug-likeness (QED) is 0.424. The van der Waals surface area contributed by atoms with Crippen molar-refractivity contribution in [2.24, 2.45) is 5.84 Å². The molecule has 0 saturated carbocycles. The average Bonchev–Trinajstić information content (AvgIpc) is 2.85. The molecule has 0 fully saturated rings. The van der Waals surface area contributed by atoms with Gasteiger partial charge in [0.1, 0.15) is 11.6 Å². The molecular formula is C11H11N7S. The number of hydrogen-bond donors (Lipinski definition) is 4. The van der Waals surface area contributed by atoms with Gasteiger partial charge < -0.3 is 16.5 Å². The summed E-state index contributed by atoms with van der Waals surface area (Å²) in [7, 11) is 0. The Hall–Kier alpha value is -2.45. The Morgan fingerprint density at radius 1 is 1.11 bits per heavy atom. The van der Waals surface area contributed by atoms with Crippen LogP contribution in [0, 0.1) is 0 Å². The Kier molecular flexibility index (Phi) is 2.86. The number of anilines is 4. The fraction of sp³-hybridized carbons (Fsp3) is 0. The lowest BCUT2D eigenvalue weighted by Gasteiger charge is -2.07. The van der Waals surface area contributed by atoms with E-state index in [9.17, 15) is 0 Å². The summed E-state index contributed by atoms with van der Waals surface area (Å²) in [6.07, 6.45) is 0. The molecule has 0 amide bonds. The molecule has 19 heavy (non-hydrogen) atoms. The van der Waals surface area contributed by atoms with E-state index in [1.54, 1.807) is 17.4 Å². The van der Waals surface area contributed by atoms with Gasteiger partial charge >= 0.3 is 0 Å². The van der Waals surface area contributed by atoms with Gasteiger partial charge in [0.25, 0.3) is 0 Å². The average molecular weight is 273 g/mol. The first-order chi connectivity index (χ1) is 9.24. The lowest BCUT2D eigenvalue weighted by Crippen LogP contribution is -2.11. The number of fused-ring (bicyclic) bond motifs is 1. The van der Waals surface area contributed by atoms with Crippen molar-refractivity contribution in [3.63, 3.8) is 0 Å². The summed E-state index contributed by atoms with van der Waals surface area (Å²) < 4.78 is 1.10. The molecule has 0 atom stereocenters. The van der Waals surface area contributed by atoms with Crippen LogP contribution in [0.15, 0.2) is 29.8 Å². The van der Waals surface area contributed by atoms with Gasteiger partial charge in [0.15, 0.2) is 0 Å². The van der Waals surface area contributed by atoms with Gasteiger partial charge in [-0.05, 0) is 18.2 Å². The maximum Gasteiger partial charge on any atom is 0.223 e. The van der Waals surface area contributed by atoms with E-state index in [0.29, 0.717) is 11.6 Å². The molecule has 3 aromatic rings. The maximum atomic E-state index is 5.60. The molecule has 1 aromatic carbocycles. The lowest BCUT2D eigenvalue weighted by molar-refractivity contribution is 1.15. The molecule has 0 saturated heterocycles. The van der Waals surface area contributed by atoms with Crippen molar-refractivity contribution in [2.45, 2.75) is 0 Å². The molecule has 0 radical (unpaired) electrons. The second-order valence-electron chi connectivity index (χ2n) is 3.80. The minimum absolute atomic E-state index is 0.150. The van der Waals surface area contributed by atoms with Crippen LogP contribution in [0.4, 0.5) is 23.3 Å². The fourth-order valence-electron chi connectivity index (χ4n) is 1.68. The third-order valence-corrected chi connectivity index (χ3v) is 3.29. The van der Waals surface area contributed by atoms with E-state index in [0.717, 1.165) is 15.9 Å².